The molecule has 6 rings (SSSR count). The van der Waals surface area contributed by atoms with E-state index in [9.17, 15) is 9.59 Å². The Hall–Kier alpha value is -6.35. The molecule has 0 spiro atoms. The van der Waals surface area contributed by atoms with Gasteiger partial charge >= 0.3 is 12.0 Å². The second kappa shape index (κ2) is 16.6. The van der Waals surface area contributed by atoms with Crippen LogP contribution in [0.2, 0.25) is 0 Å². The number of hydrogen-bond acceptors (Lipinski definition) is 6. The standard InChI is InChI=1S/C43H42N6O3/c1-4-18-39(41(50)52-6-3)48(42(51)44-5-2)31-32-27-29-33(30-28-32)37-25-16-17-26-38(37)40-45-46-47-49(40)43(34-19-10-7-11-20-34,35-21-12-8-13-22-35)36-23-14-9-15-24-36/h4,7-17,19-30,39H,1,5-6,18,31H2,2-3H3,(H,44,51). The van der Waals surface area contributed by atoms with Gasteiger partial charge in [-0.2, -0.15) is 0 Å². The summed E-state index contributed by atoms with van der Waals surface area (Å²) >= 11 is 0. The molecule has 1 atom stereocenters. The Labute approximate surface area is 304 Å². The van der Waals surface area contributed by atoms with Crippen molar-refractivity contribution in [2.75, 3.05) is 13.2 Å². The fourth-order valence-electron chi connectivity index (χ4n) is 6.73. The molecule has 0 aliphatic carbocycles. The molecule has 0 aliphatic rings. The number of esters is 1. The van der Waals surface area contributed by atoms with E-state index in [0.717, 1.165) is 38.9 Å². The van der Waals surface area contributed by atoms with Gasteiger partial charge in [0.2, 0.25) is 0 Å². The Morgan fingerprint density at radius 3 is 1.85 bits per heavy atom. The zero-order valence-electron chi connectivity index (χ0n) is 29.4. The van der Waals surface area contributed by atoms with E-state index >= 15 is 0 Å². The minimum absolute atomic E-state index is 0.205. The van der Waals surface area contributed by atoms with Crippen LogP contribution in [-0.4, -0.2) is 56.3 Å². The third-order valence-electron chi connectivity index (χ3n) is 9.06. The first-order chi connectivity index (χ1) is 25.5. The van der Waals surface area contributed by atoms with Crippen LogP contribution in [0.3, 0.4) is 0 Å². The van der Waals surface area contributed by atoms with Crippen LogP contribution < -0.4 is 5.32 Å². The SMILES string of the molecule is C=CCC(C(=O)OCC)N(Cc1ccc(-c2ccccc2-c2nnnn2C(c2ccccc2)(c2ccccc2)c2ccccc2)cc1)C(=O)NCC. The third-order valence-corrected chi connectivity index (χ3v) is 9.06. The van der Waals surface area contributed by atoms with E-state index < -0.39 is 17.6 Å². The normalized spacial score (nSPS) is 11.7. The molecule has 1 heterocycles. The van der Waals surface area contributed by atoms with E-state index in [0.29, 0.717) is 12.4 Å². The van der Waals surface area contributed by atoms with Crippen molar-refractivity contribution >= 4 is 12.0 Å². The van der Waals surface area contributed by atoms with Gasteiger partial charge in [-0.25, -0.2) is 14.3 Å². The minimum Gasteiger partial charge on any atom is -0.464 e. The molecule has 2 amide bonds. The first-order valence-electron chi connectivity index (χ1n) is 17.5. The molecule has 52 heavy (non-hydrogen) atoms. The molecule has 0 radical (unpaired) electrons. The van der Waals surface area contributed by atoms with E-state index in [2.05, 4.69) is 64.7 Å². The number of urea groups is 1. The maximum atomic E-state index is 13.2. The van der Waals surface area contributed by atoms with E-state index in [1.165, 1.54) is 4.90 Å². The molecule has 262 valence electrons. The van der Waals surface area contributed by atoms with Crippen molar-refractivity contribution < 1.29 is 14.3 Å². The average Bonchev–Trinajstić information content (AvgIpc) is 3.68. The Bertz CT molecular complexity index is 1990. The zero-order chi connectivity index (χ0) is 36.3. The quantitative estimate of drug-likeness (QED) is 0.0709. The van der Waals surface area contributed by atoms with Gasteiger partial charge in [0.25, 0.3) is 0 Å². The maximum absolute atomic E-state index is 13.2. The van der Waals surface area contributed by atoms with Crippen molar-refractivity contribution in [1.29, 1.82) is 0 Å². The van der Waals surface area contributed by atoms with Gasteiger partial charge in [0, 0.05) is 18.7 Å². The average molecular weight is 691 g/mol. The summed E-state index contributed by atoms with van der Waals surface area (Å²) in [5, 5.41) is 16.5. The number of hydrogen-bond donors (Lipinski definition) is 1. The van der Waals surface area contributed by atoms with Crippen molar-refractivity contribution in [1.82, 2.24) is 30.4 Å². The number of carbonyl (C=O) groups is 2. The molecule has 0 aliphatic heterocycles. The van der Waals surface area contributed by atoms with E-state index in [1.807, 2.05) is 109 Å². The van der Waals surface area contributed by atoms with Crippen LogP contribution in [0, 0.1) is 0 Å². The molecule has 1 unspecified atom stereocenters. The highest BCUT2D eigenvalue weighted by molar-refractivity contribution is 5.84. The monoisotopic (exact) mass is 690 g/mol. The fraction of sp³-hybridized carbons (Fsp3) is 0.186. The molecule has 0 saturated heterocycles. The second-order valence-electron chi connectivity index (χ2n) is 12.2. The van der Waals surface area contributed by atoms with Crippen LogP contribution in [-0.2, 0) is 21.6 Å². The molecule has 9 nitrogen and oxygen atoms in total. The highest BCUT2D eigenvalue weighted by Gasteiger charge is 2.42. The van der Waals surface area contributed by atoms with Crippen molar-refractivity contribution in [3.63, 3.8) is 0 Å². The van der Waals surface area contributed by atoms with Gasteiger partial charge in [-0.05, 0) is 64.1 Å². The Balaban J connectivity index is 1.44. The van der Waals surface area contributed by atoms with E-state index in [1.54, 1.807) is 13.0 Å². The van der Waals surface area contributed by atoms with E-state index in [-0.39, 0.29) is 25.6 Å². The molecular formula is C43H42N6O3. The fourth-order valence-corrected chi connectivity index (χ4v) is 6.73. The zero-order valence-corrected chi connectivity index (χ0v) is 29.4. The van der Waals surface area contributed by atoms with E-state index in [4.69, 9.17) is 9.95 Å². The van der Waals surface area contributed by atoms with Crippen LogP contribution in [0.25, 0.3) is 22.5 Å². The number of benzene rings is 5. The van der Waals surface area contributed by atoms with Crippen LogP contribution >= 0.6 is 0 Å². The number of aromatic nitrogens is 4. The first kappa shape index (κ1) is 35.5. The lowest BCUT2D eigenvalue weighted by molar-refractivity contribution is -0.148. The number of nitrogens with one attached hydrogen (secondary N) is 1. The Morgan fingerprint density at radius 2 is 1.33 bits per heavy atom. The Kier molecular flexibility index (Phi) is 11.3. The molecule has 0 bridgehead atoms. The number of rotatable bonds is 14. The van der Waals surface area contributed by atoms with Gasteiger partial charge < -0.3 is 15.0 Å². The van der Waals surface area contributed by atoms with Gasteiger partial charge in [-0.1, -0.05) is 146 Å². The summed E-state index contributed by atoms with van der Waals surface area (Å²) in [6.45, 7) is 8.24. The largest absolute Gasteiger partial charge is 0.464 e. The lowest BCUT2D eigenvalue weighted by Gasteiger charge is -2.36. The van der Waals surface area contributed by atoms with Crippen LogP contribution in [0.1, 0.15) is 42.5 Å². The van der Waals surface area contributed by atoms with Gasteiger partial charge in [-0.3, -0.25) is 0 Å². The first-order valence-corrected chi connectivity index (χ1v) is 17.5. The predicted molar refractivity (Wildman–Crippen MR) is 203 cm³/mol. The molecule has 5 aromatic carbocycles. The van der Waals surface area contributed by atoms with Crippen LogP contribution in [0.4, 0.5) is 4.79 Å². The summed E-state index contributed by atoms with van der Waals surface area (Å²) in [6.07, 6.45) is 1.90. The number of nitrogens with zero attached hydrogens (tertiary/aromatic N) is 5. The third kappa shape index (κ3) is 7.11. The molecule has 0 saturated carbocycles. The lowest BCUT2D eigenvalue weighted by Crippen LogP contribution is -2.49. The summed E-state index contributed by atoms with van der Waals surface area (Å²) in [7, 11) is 0. The molecule has 1 aromatic heterocycles. The molecule has 9 heteroatoms. The number of carbonyl (C=O) groups excluding carboxylic acids is 2. The van der Waals surface area contributed by atoms with Crippen molar-refractivity contribution in [2.45, 2.75) is 38.4 Å². The van der Waals surface area contributed by atoms with Gasteiger partial charge in [0.15, 0.2) is 5.82 Å². The van der Waals surface area contributed by atoms with Crippen molar-refractivity contribution in [3.05, 3.63) is 174 Å². The number of tetrazole rings is 1. The lowest BCUT2D eigenvalue weighted by atomic mass is 9.77. The molecular weight excluding hydrogens is 649 g/mol. The highest BCUT2D eigenvalue weighted by Crippen LogP contribution is 2.43. The smallest absolute Gasteiger partial charge is 0.329 e. The van der Waals surface area contributed by atoms with Crippen LogP contribution in [0.15, 0.2) is 152 Å². The summed E-state index contributed by atoms with van der Waals surface area (Å²) < 4.78 is 7.25. The number of amides is 2. The minimum atomic E-state index is -0.900. The summed E-state index contributed by atoms with van der Waals surface area (Å²) in [6, 6.07) is 45.8. The topological polar surface area (TPSA) is 102 Å². The van der Waals surface area contributed by atoms with Gasteiger partial charge in [-0.15, -0.1) is 11.7 Å². The van der Waals surface area contributed by atoms with Crippen molar-refractivity contribution in [3.8, 4) is 22.5 Å². The summed E-state index contributed by atoms with van der Waals surface area (Å²) in [5.74, 6) is 0.134. The molecule has 6 aromatic rings. The predicted octanol–water partition coefficient (Wildman–Crippen LogP) is 7.89. The Morgan fingerprint density at radius 1 is 0.788 bits per heavy atom. The van der Waals surface area contributed by atoms with Crippen LogP contribution in [0.5, 0.6) is 0 Å². The van der Waals surface area contributed by atoms with Gasteiger partial charge in [0.1, 0.15) is 11.6 Å². The highest BCUT2D eigenvalue weighted by atomic mass is 16.5. The maximum Gasteiger partial charge on any atom is 0.329 e. The summed E-state index contributed by atoms with van der Waals surface area (Å²) in [5.41, 5.74) is 5.71. The second-order valence-corrected chi connectivity index (χ2v) is 12.2. The molecule has 1 N–H and O–H groups in total. The van der Waals surface area contributed by atoms with Crippen molar-refractivity contribution in [2.24, 2.45) is 0 Å². The molecule has 0 fully saturated rings. The number of ether oxygens (including phenoxy) is 1. The summed E-state index contributed by atoms with van der Waals surface area (Å²) in [4.78, 5) is 27.6. The van der Waals surface area contributed by atoms with Gasteiger partial charge in [0.05, 0.1) is 6.61 Å².